The zero-order valence-electron chi connectivity index (χ0n) is 10.5. The molecule has 0 aliphatic heterocycles. The number of fused-ring (bicyclic) bond motifs is 1. The summed E-state index contributed by atoms with van der Waals surface area (Å²) in [5.41, 5.74) is 0.944. The quantitative estimate of drug-likeness (QED) is 0.741. The standard InChI is InChI=1S/C14H11FN4S/c15-11-6-1-9(2-7-11)3-8-12-18-19-13(10-4-5-10)16-17-14(19)20-12/h1-3,6-8,10H,4-5H2/b8-3+. The van der Waals surface area contributed by atoms with Crippen molar-refractivity contribution in [1.29, 1.82) is 0 Å². The van der Waals surface area contributed by atoms with Gasteiger partial charge in [-0.3, -0.25) is 0 Å². The van der Waals surface area contributed by atoms with E-state index < -0.39 is 0 Å². The molecule has 1 aliphatic carbocycles. The molecular formula is C14H11FN4S. The molecule has 100 valence electrons. The lowest BCUT2D eigenvalue weighted by molar-refractivity contribution is 0.628. The van der Waals surface area contributed by atoms with Crippen molar-refractivity contribution < 1.29 is 4.39 Å². The predicted molar refractivity (Wildman–Crippen MR) is 76.0 cm³/mol. The van der Waals surface area contributed by atoms with E-state index in [0.29, 0.717) is 5.92 Å². The van der Waals surface area contributed by atoms with Gasteiger partial charge in [0, 0.05) is 5.92 Å². The van der Waals surface area contributed by atoms with Gasteiger partial charge in [-0.25, -0.2) is 4.39 Å². The lowest BCUT2D eigenvalue weighted by Gasteiger charge is -1.91. The molecule has 0 saturated heterocycles. The van der Waals surface area contributed by atoms with Gasteiger partial charge in [0.2, 0.25) is 4.96 Å². The summed E-state index contributed by atoms with van der Waals surface area (Å²) < 4.78 is 14.7. The zero-order chi connectivity index (χ0) is 13.5. The van der Waals surface area contributed by atoms with Gasteiger partial charge in [0.05, 0.1) is 0 Å². The van der Waals surface area contributed by atoms with Gasteiger partial charge in [-0.2, -0.15) is 9.61 Å². The summed E-state index contributed by atoms with van der Waals surface area (Å²) in [5, 5.41) is 13.7. The average Bonchev–Trinajstić information content (AvgIpc) is 3.09. The maximum absolute atomic E-state index is 12.8. The van der Waals surface area contributed by atoms with Crippen LogP contribution in [0.2, 0.25) is 0 Å². The Morgan fingerprint density at radius 1 is 1.15 bits per heavy atom. The van der Waals surface area contributed by atoms with Crippen molar-refractivity contribution in [3.8, 4) is 0 Å². The molecule has 4 rings (SSSR count). The maximum atomic E-state index is 12.8. The first-order valence-electron chi connectivity index (χ1n) is 6.45. The molecule has 0 atom stereocenters. The van der Waals surface area contributed by atoms with Crippen LogP contribution in [0, 0.1) is 5.82 Å². The third-order valence-electron chi connectivity index (χ3n) is 3.26. The Hall–Kier alpha value is -2.08. The monoisotopic (exact) mass is 286 g/mol. The fraction of sp³-hybridized carbons (Fsp3) is 0.214. The summed E-state index contributed by atoms with van der Waals surface area (Å²) in [6.45, 7) is 0. The maximum Gasteiger partial charge on any atom is 0.234 e. The number of halogens is 1. The molecule has 6 heteroatoms. The molecule has 0 unspecified atom stereocenters. The minimum atomic E-state index is -0.227. The van der Waals surface area contributed by atoms with E-state index in [1.54, 1.807) is 12.1 Å². The van der Waals surface area contributed by atoms with Gasteiger partial charge in [-0.1, -0.05) is 29.5 Å². The van der Waals surface area contributed by atoms with Crippen LogP contribution >= 0.6 is 11.3 Å². The number of benzene rings is 1. The molecule has 0 bridgehead atoms. The van der Waals surface area contributed by atoms with Gasteiger partial charge in [0.25, 0.3) is 0 Å². The molecule has 1 saturated carbocycles. The molecule has 0 spiro atoms. The fourth-order valence-corrected chi connectivity index (χ4v) is 2.80. The largest absolute Gasteiger partial charge is 0.234 e. The molecule has 20 heavy (non-hydrogen) atoms. The van der Waals surface area contributed by atoms with Gasteiger partial charge in [-0.15, -0.1) is 10.2 Å². The topological polar surface area (TPSA) is 43.1 Å². The predicted octanol–water partition coefficient (Wildman–Crippen LogP) is 3.37. The van der Waals surface area contributed by atoms with E-state index >= 15 is 0 Å². The van der Waals surface area contributed by atoms with Crippen molar-refractivity contribution in [2.24, 2.45) is 0 Å². The van der Waals surface area contributed by atoms with Crippen LogP contribution in [0.1, 0.15) is 35.2 Å². The lowest BCUT2D eigenvalue weighted by atomic mass is 10.2. The van der Waals surface area contributed by atoms with Gasteiger partial charge in [-0.05, 0) is 36.6 Å². The van der Waals surface area contributed by atoms with E-state index in [4.69, 9.17) is 0 Å². The molecular weight excluding hydrogens is 275 g/mol. The van der Waals surface area contributed by atoms with Gasteiger partial charge in [0.1, 0.15) is 10.8 Å². The van der Waals surface area contributed by atoms with E-state index in [9.17, 15) is 4.39 Å². The van der Waals surface area contributed by atoms with Crippen molar-refractivity contribution in [3.63, 3.8) is 0 Å². The second kappa shape index (κ2) is 4.49. The highest BCUT2D eigenvalue weighted by atomic mass is 32.1. The summed E-state index contributed by atoms with van der Waals surface area (Å²) in [6.07, 6.45) is 6.20. The number of hydrogen-bond acceptors (Lipinski definition) is 4. The van der Waals surface area contributed by atoms with Crippen molar-refractivity contribution in [2.75, 3.05) is 0 Å². The molecule has 0 amide bonds. The summed E-state index contributed by atoms with van der Waals surface area (Å²) in [6, 6.07) is 6.37. The molecule has 0 N–H and O–H groups in total. The Labute approximate surface area is 118 Å². The third kappa shape index (κ3) is 2.12. The van der Waals surface area contributed by atoms with Crippen molar-refractivity contribution >= 4 is 28.4 Å². The second-order valence-corrected chi connectivity index (χ2v) is 5.84. The number of rotatable bonds is 3. The summed E-state index contributed by atoms with van der Waals surface area (Å²) in [7, 11) is 0. The Morgan fingerprint density at radius 3 is 2.70 bits per heavy atom. The van der Waals surface area contributed by atoms with Crippen LogP contribution in [-0.2, 0) is 0 Å². The highest BCUT2D eigenvalue weighted by molar-refractivity contribution is 7.17. The van der Waals surface area contributed by atoms with Crippen LogP contribution in [0.3, 0.4) is 0 Å². The molecule has 1 aliphatic rings. The fourth-order valence-electron chi connectivity index (χ4n) is 2.05. The van der Waals surface area contributed by atoms with Crippen molar-refractivity contribution in [1.82, 2.24) is 19.8 Å². The number of hydrogen-bond donors (Lipinski definition) is 0. The van der Waals surface area contributed by atoms with E-state index in [1.807, 2.05) is 16.7 Å². The second-order valence-electron chi connectivity index (χ2n) is 4.85. The summed E-state index contributed by atoms with van der Waals surface area (Å²) >= 11 is 1.50. The van der Waals surface area contributed by atoms with E-state index in [2.05, 4.69) is 15.3 Å². The minimum Gasteiger partial charge on any atom is -0.207 e. The van der Waals surface area contributed by atoms with Crippen molar-refractivity contribution in [3.05, 3.63) is 46.5 Å². The Balaban J connectivity index is 1.63. The van der Waals surface area contributed by atoms with Gasteiger partial charge >= 0.3 is 0 Å². The molecule has 2 heterocycles. The van der Waals surface area contributed by atoms with Crippen LogP contribution in [-0.4, -0.2) is 19.8 Å². The van der Waals surface area contributed by atoms with Crippen LogP contribution in [0.5, 0.6) is 0 Å². The van der Waals surface area contributed by atoms with Gasteiger partial charge < -0.3 is 0 Å². The smallest absolute Gasteiger partial charge is 0.207 e. The SMILES string of the molecule is Fc1ccc(/C=C/c2nn3c(C4CC4)nnc3s2)cc1. The molecule has 1 aromatic carbocycles. The molecule has 4 nitrogen and oxygen atoms in total. The number of nitrogens with zero attached hydrogens (tertiary/aromatic N) is 4. The van der Waals surface area contributed by atoms with E-state index in [1.165, 1.54) is 36.3 Å². The summed E-state index contributed by atoms with van der Waals surface area (Å²) in [4.78, 5) is 0.825. The third-order valence-corrected chi connectivity index (χ3v) is 4.13. The Morgan fingerprint density at radius 2 is 1.95 bits per heavy atom. The summed E-state index contributed by atoms with van der Waals surface area (Å²) in [5.74, 6) is 1.27. The highest BCUT2D eigenvalue weighted by Crippen LogP contribution is 2.39. The zero-order valence-corrected chi connectivity index (χ0v) is 11.3. The molecule has 1 fully saturated rings. The molecule has 0 radical (unpaired) electrons. The Kier molecular flexibility index (Phi) is 2.63. The highest BCUT2D eigenvalue weighted by Gasteiger charge is 2.29. The van der Waals surface area contributed by atoms with Crippen molar-refractivity contribution in [2.45, 2.75) is 18.8 Å². The van der Waals surface area contributed by atoms with E-state index in [-0.39, 0.29) is 5.82 Å². The van der Waals surface area contributed by atoms with Crippen LogP contribution < -0.4 is 0 Å². The first-order chi connectivity index (χ1) is 9.79. The van der Waals surface area contributed by atoms with Crippen LogP contribution in [0.15, 0.2) is 24.3 Å². The normalized spacial score (nSPS) is 15.4. The average molecular weight is 286 g/mol. The first-order valence-corrected chi connectivity index (χ1v) is 7.27. The Bertz CT molecular complexity index is 783. The first kappa shape index (κ1) is 11.7. The van der Waals surface area contributed by atoms with Crippen LogP contribution in [0.25, 0.3) is 17.1 Å². The minimum absolute atomic E-state index is 0.227. The van der Waals surface area contributed by atoms with Gasteiger partial charge in [0.15, 0.2) is 5.82 Å². The van der Waals surface area contributed by atoms with E-state index in [0.717, 1.165) is 21.4 Å². The lowest BCUT2D eigenvalue weighted by Crippen LogP contribution is -1.92. The molecule has 2 aromatic heterocycles. The van der Waals surface area contributed by atoms with Crippen LogP contribution in [0.4, 0.5) is 4.39 Å². The number of aromatic nitrogens is 4. The molecule has 3 aromatic rings.